The number of hydrogen-bond acceptors (Lipinski definition) is 4. The van der Waals surface area contributed by atoms with Gasteiger partial charge in [0.1, 0.15) is 0 Å². The van der Waals surface area contributed by atoms with Crippen molar-refractivity contribution in [3.63, 3.8) is 0 Å². The molecule has 0 aliphatic rings. The van der Waals surface area contributed by atoms with Crippen LogP contribution in [-0.2, 0) is 4.79 Å². The average molecular weight is 253 g/mol. The highest BCUT2D eigenvalue weighted by atomic mass is 16.5. The first-order valence-corrected chi connectivity index (χ1v) is 5.79. The van der Waals surface area contributed by atoms with Crippen molar-refractivity contribution in [1.29, 1.82) is 0 Å². The Hall–Kier alpha value is -1.75. The minimum Gasteiger partial charge on any atom is -0.493 e. The third-order valence-corrected chi connectivity index (χ3v) is 2.50. The highest BCUT2D eigenvalue weighted by Crippen LogP contribution is 2.25. The molecule has 18 heavy (non-hydrogen) atoms. The van der Waals surface area contributed by atoms with Gasteiger partial charge < -0.3 is 19.5 Å². The van der Waals surface area contributed by atoms with Crippen molar-refractivity contribution in [3.8, 4) is 11.5 Å². The van der Waals surface area contributed by atoms with Crippen LogP contribution < -0.4 is 9.47 Å². The number of aliphatic hydroxyl groups is 1. The van der Waals surface area contributed by atoms with Crippen LogP contribution in [0.5, 0.6) is 11.5 Å². The lowest BCUT2D eigenvalue weighted by molar-refractivity contribution is -0.132. The van der Waals surface area contributed by atoms with E-state index in [2.05, 4.69) is 0 Å². The Morgan fingerprint density at radius 2 is 2.00 bits per heavy atom. The molecule has 0 unspecified atom stereocenters. The van der Waals surface area contributed by atoms with Gasteiger partial charge in [-0.3, -0.25) is 4.79 Å². The van der Waals surface area contributed by atoms with Gasteiger partial charge in [-0.15, -0.1) is 0 Å². The highest BCUT2D eigenvalue weighted by molar-refractivity contribution is 5.77. The largest absolute Gasteiger partial charge is 0.493 e. The van der Waals surface area contributed by atoms with Crippen molar-refractivity contribution in [3.05, 3.63) is 24.3 Å². The molecule has 0 bridgehead atoms. The van der Waals surface area contributed by atoms with Crippen molar-refractivity contribution >= 4 is 5.91 Å². The molecule has 0 spiro atoms. The first-order chi connectivity index (χ1) is 8.69. The molecule has 0 radical (unpaired) electrons. The molecule has 1 N–H and O–H groups in total. The normalized spacial score (nSPS) is 9.94. The van der Waals surface area contributed by atoms with Crippen LogP contribution in [0.25, 0.3) is 0 Å². The van der Waals surface area contributed by atoms with Crippen molar-refractivity contribution in [2.45, 2.75) is 6.42 Å². The summed E-state index contributed by atoms with van der Waals surface area (Å²) in [5.74, 6) is 1.02. The lowest BCUT2D eigenvalue weighted by Gasteiger charge is -2.17. The maximum atomic E-state index is 11.7. The number of amides is 1. The molecule has 100 valence electrons. The van der Waals surface area contributed by atoms with Crippen LogP contribution in [0.15, 0.2) is 24.3 Å². The summed E-state index contributed by atoms with van der Waals surface area (Å²) in [7, 11) is 3.24. The fourth-order valence-corrected chi connectivity index (χ4v) is 1.42. The predicted molar refractivity (Wildman–Crippen MR) is 67.8 cm³/mol. The second-order valence-electron chi connectivity index (χ2n) is 3.83. The Labute approximate surface area is 107 Å². The molecular weight excluding hydrogens is 234 g/mol. The Morgan fingerprint density at radius 3 is 2.61 bits per heavy atom. The molecule has 1 aromatic rings. The van der Waals surface area contributed by atoms with Gasteiger partial charge in [-0.05, 0) is 18.6 Å². The van der Waals surface area contributed by atoms with Crippen LogP contribution in [0.2, 0.25) is 0 Å². The highest BCUT2D eigenvalue weighted by Gasteiger charge is 2.10. The molecule has 5 heteroatoms. The third kappa shape index (κ3) is 4.25. The topological polar surface area (TPSA) is 59.0 Å². The standard InChI is InChI=1S/C13H19NO4/c1-14(8-5-9-15)13(16)10-18-12-7-4-3-6-11(12)17-2/h3-4,6-7,15H,5,8-10H2,1-2H3. The number of aliphatic hydroxyl groups excluding tert-OH is 1. The van der Waals surface area contributed by atoms with Crippen LogP contribution in [-0.4, -0.2) is 49.8 Å². The molecule has 1 aromatic carbocycles. The summed E-state index contributed by atoms with van der Waals surface area (Å²) in [6, 6.07) is 7.17. The first-order valence-electron chi connectivity index (χ1n) is 5.79. The summed E-state index contributed by atoms with van der Waals surface area (Å²) in [4.78, 5) is 13.2. The number of methoxy groups -OCH3 is 1. The zero-order valence-corrected chi connectivity index (χ0v) is 10.8. The van der Waals surface area contributed by atoms with Crippen LogP contribution in [0, 0.1) is 0 Å². The number of hydrogen-bond donors (Lipinski definition) is 1. The van der Waals surface area contributed by atoms with Gasteiger partial charge in [0.05, 0.1) is 7.11 Å². The summed E-state index contributed by atoms with van der Waals surface area (Å²) in [6.45, 7) is 0.553. The quantitative estimate of drug-likeness (QED) is 0.785. The van der Waals surface area contributed by atoms with Crippen molar-refractivity contribution in [2.24, 2.45) is 0 Å². The van der Waals surface area contributed by atoms with Crippen LogP contribution in [0.4, 0.5) is 0 Å². The van der Waals surface area contributed by atoms with E-state index in [1.165, 1.54) is 4.90 Å². The number of ether oxygens (including phenoxy) is 2. The van der Waals surface area contributed by atoms with E-state index in [1.807, 2.05) is 12.1 Å². The molecule has 0 atom stereocenters. The van der Waals surface area contributed by atoms with Gasteiger partial charge >= 0.3 is 0 Å². The minimum atomic E-state index is -0.130. The molecule has 0 heterocycles. The minimum absolute atomic E-state index is 0.0394. The van der Waals surface area contributed by atoms with Gasteiger partial charge in [-0.25, -0.2) is 0 Å². The Balaban J connectivity index is 2.46. The summed E-state index contributed by atoms with van der Waals surface area (Å²) < 4.78 is 10.5. The van der Waals surface area contributed by atoms with Gasteiger partial charge in [-0.2, -0.15) is 0 Å². The van der Waals surface area contributed by atoms with E-state index in [-0.39, 0.29) is 19.1 Å². The number of benzene rings is 1. The lowest BCUT2D eigenvalue weighted by Crippen LogP contribution is -2.32. The molecule has 1 amide bonds. The van der Waals surface area contributed by atoms with Gasteiger partial charge in [-0.1, -0.05) is 12.1 Å². The monoisotopic (exact) mass is 253 g/mol. The van der Waals surface area contributed by atoms with Crippen molar-refractivity contribution < 1.29 is 19.4 Å². The van der Waals surface area contributed by atoms with E-state index in [4.69, 9.17) is 14.6 Å². The number of rotatable bonds is 7. The molecule has 0 fully saturated rings. The number of carbonyl (C=O) groups is 1. The molecular formula is C13H19NO4. The molecule has 1 rings (SSSR count). The second-order valence-corrected chi connectivity index (χ2v) is 3.83. The molecule has 0 aliphatic carbocycles. The molecule has 0 saturated heterocycles. The predicted octanol–water partition coefficient (Wildman–Crippen LogP) is 0.915. The Bertz CT molecular complexity index is 381. The maximum Gasteiger partial charge on any atom is 0.260 e. The Kier molecular flexibility index (Phi) is 6.00. The number of para-hydroxylation sites is 2. The SMILES string of the molecule is COc1ccccc1OCC(=O)N(C)CCCO. The van der Waals surface area contributed by atoms with Gasteiger partial charge in [0.2, 0.25) is 0 Å². The first kappa shape index (κ1) is 14.3. The molecule has 0 aromatic heterocycles. The summed E-state index contributed by atoms with van der Waals surface area (Å²) in [6.07, 6.45) is 0.566. The van der Waals surface area contributed by atoms with Crippen molar-refractivity contribution in [1.82, 2.24) is 4.90 Å². The fraction of sp³-hybridized carbons (Fsp3) is 0.462. The smallest absolute Gasteiger partial charge is 0.260 e. The Morgan fingerprint density at radius 1 is 1.33 bits per heavy atom. The summed E-state index contributed by atoms with van der Waals surface area (Å²) in [5, 5.41) is 8.69. The number of nitrogens with zero attached hydrogens (tertiary/aromatic N) is 1. The lowest BCUT2D eigenvalue weighted by atomic mass is 10.3. The average Bonchev–Trinajstić information content (AvgIpc) is 2.42. The van der Waals surface area contributed by atoms with Gasteiger partial charge in [0.25, 0.3) is 5.91 Å². The van der Waals surface area contributed by atoms with E-state index in [9.17, 15) is 4.79 Å². The van der Waals surface area contributed by atoms with Crippen LogP contribution in [0.1, 0.15) is 6.42 Å². The zero-order valence-electron chi connectivity index (χ0n) is 10.8. The van der Waals surface area contributed by atoms with E-state index in [0.29, 0.717) is 24.5 Å². The number of likely N-dealkylation sites (N-methyl/N-ethyl adjacent to an activating group) is 1. The summed E-state index contributed by atoms with van der Waals surface area (Å²) in [5.41, 5.74) is 0. The molecule has 0 saturated carbocycles. The van der Waals surface area contributed by atoms with Crippen LogP contribution in [0.3, 0.4) is 0 Å². The third-order valence-electron chi connectivity index (χ3n) is 2.50. The molecule has 0 aliphatic heterocycles. The van der Waals surface area contributed by atoms with Crippen LogP contribution >= 0.6 is 0 Å². The van der Waals surface area contributed by atoms with Gasteiger partial charge in [0.15, 0.2) is 18.1 Å². The fourth-order valence-electron chi connectivity index (χ4n) is 1.42. The second kappa shape index (κ2) is 7.55. The zero-order chi connectivity index (χ0) is 13.4. The maximum absolute atomic E-state index is 11.7. The molecule has 5 nitrogen and oxygen atoms in total. The summed E-state index contributed by atoms with van der Waals surface area (Å²) >= 11 is 0. The van der Waals surface area contributed by atoms with Crippen molar-refractivity contribution in [2.75, 3.05) is 33.9 Å². The van der Waals surface area contributed by atoms with Gasteiger partial charge in [0, 0.05) is 20.2 Å². The van der Waals surface area contributed by atoms with E-state index in [1.54, 1.807) is 26.3 Å². The number of carbonyl (C=O) groups excluding carboxylic acids is 1. The van der Waals surface area contributed by atoms with E-state index in [0.717, 1.165) is 0 Å². The van der Waals surface area contributed by atoms with E-state index < -0.39 is 0 Å². The van der Waals surface area contributed by atoms with E-state index >= 15 is 0 Å².